The minimum Gasteiger partial charge on any atom is -0.401 e. The fourth-order valence-corrected chi connectivity index (χ4v) is 5.19. The van der Waals surface area contributed by atoms with Crippen molar-refractivity contribution in [3.05, 3.63) is 46.3 Å². The summed E-state index contributed by atoms with van der Waals surface area (Å²) in [6.07, 6.45) is -7.74. The van der Waals surface area contributed by atoms with Crippen molar-refractivity contribution in [2.75, 3.05) is 38.7 Å². The Morgan fingerprint density at radius 1 is 1.11 bits per heavy atom. The number of halogens is 9. The van der Waals surface area contributed by atoms with E-state index in [-0.39, 0.29) is 45.2 Å². The number of anilines is 1. The van der Waals surface area contributed by atoms with E-state index in [2.05, 4.69) is 25.3 Å². The van der Waals surface area contributed by atoms with Gasteiger partial charge >= 0.3 is 18.3 Å². The Labute approximate surface area is 262 Å². The third-order valence-corrected chi connectivity index (χ3v) is 7.43. The quantitative estimate of drug-likeness (QED) is 0.185. The topological polar surface area (TPSA) is 122 Å². The number of carbonyl (C=O) groups excluding carboxylic acids is 2. The first-order chi connectivity index (χ1) is 21.4. The van der Waals surface area contributed by atoms with Gasteiger partial charge in [-0.25, -0.2) is 4.98 Å². The second-order valence-corrected chi connectivity index (χ2v) is 11.5. The lowest BCUT2D eigenvalue weighted by atomic mass is 9.98. The van der Waals surface area contributed by atoms with Crippen LogP contribution in [0.4, 0.5) is 40.8 Å². The molecule has 1 aromatic heterocycles. The van der Waals surface area contributed by atoms with Crippen molar-refractivity contribution in [3.63, 3.8) is 0 Å². The molecule has 2 aromatic rings. The molecule has 0 spiro atoms. The van der Waals surface area contributed by atoms with Gasteiger partial charge in [-0.05, 0) is 49.4 Å². The molecule has 2 aliphatic rings. The van der Waals surface area contributed by atoms with Gasteiger partial charge in [0.1, 0.15) is 18.8 Å². The standard InChI is InChI=1S/C28H29ClF8N6O3/c1-46-13-26(30,31)25(45)43-10-16(40-21-8-22(28(35,36)37)42-20-5-4-15(29)6-18(20)21)7-17(11-43)41-24(44)19(23(38)14-2-3-14)9-39-12-27(32,33)34/h4-6,8-9,14,16-17H,2-3,7,10-13,38H2,1H3,(H,40,42)(H,41,44)/t16-,17+/m1/s1. The summed E-state index contributed by atoms with van der Waals surface area (Å²) >= 11 is 6.07. The van der Waals surface area contributed by atoms with Crippen LogP contribution in [0.2, 0.25) is 5.02 Å². The number of amides is 2. The first kappa shape index (κ1) is 35.1. The minimum atomic E-state index is -4.85. The molecule has 18 heteroatoms. The lowest BCUT2D eigenvalue weighted by Gasteiger charge is -2.40. The number of ether oxygens (including phenoxy) is 1. The molecule has 2 amide bonds. The van der Waals surface area contributed by atoms with Crippen LogP contribution in [-0.4, -0.2) is 85.4 Å². The van der Waals surface area contributed by atoms with Gasteiger partial charge in [0, 0.05) is 60.3 Å². The van der Waals surface area contributed by atoms with Crippen LogP contribution >= 0.6 is 11.6 Å². The van der Waals surface area contributed by atoms with Crippen LogP contribution in [-0.2, 0) is 20.5 Å². The number of piperidine rings is 1. The number of hydrogen-bond acceptors (Lipinski definition) is 7. The van der Waals surface area contributed by atoms with Crippen molar-refractivity contribution >= 4 is 46.2 Å². The molecule has 1 aliphatic carbocycles. The van der Waals surface area contributed by atoms with Gasteiger partial charge in [-0.15, -0.1) is 0 Å². The maximum absolute atomic E-state index is 14.6. The number of hydrogen-bond donors (Lipinski definition) is 3. The van der Waals surface area contributed by atoms with Crippen molar-refractivity contribution in [2.24, 2.45) is 16.6 Å². The summed E-state index contributed by atoms with van der Waals surface area (Å²) in [5.41, 5.74) is 4.22. The van der Waals surface area contributed by atoms with Gasteiger partial charge in [-0.1, -0.05) is 11.6 Å². The SMILES string of the molecule is COCC(F)(F)C(=O)N1C[C@@H](NC(=O)C(C=NCC(F)(F)F)=C(N)C2CC2)C[C@@H](Nc2cc(C(F)(F)F)nc3ccc(Cl)cc23)C1. The van der Waals surface area contributed by atoms with E-state index >= 15 is 0 Å². The van der Waals surface area contributed by atoms with Crippen LogP contribution in [0.1, 0.15) is 25.0 Å². The zero-order valence-electron chi connectivity index (χ0n) is 24.1. The van der Waals surface area contributed by atoms with Gasteiger partial charge in [0.25, 0.3) is 11.8 Å². The van der Waals surface area contributed by atoms with Crippen molar-refractivity contribution in [3.8, 4) is 0 Å². The van der Waals surface area contributed by atoms with Crippen LogP contribution in [0.25, 0.3) is 10.9 Å². The molecular formula is C28H29ClF8N6O3. The van der Waals surface area contributed by atoms with Crippen LogP contribution in [0.5, 0.6) is 0 Å². The van der Waals surface area contributed by atoms with Gasteiger partial charge in [0.15, 0.2) is 0 Å². The Morgan fingerprint density at radius 2 is 1.78 bits per heavy atom. The highest BCUT2D eigenvalue weighted by Crippen LogP contribution is 2.36. The highest BCUT2D eigenvalue weighted by Gasteiger charge is 2.45. The number of nitrogens with zero attached hydrogens (tertiary/aromatic N) is 3. The number of benzene rings is 1. The number of pyridine rings is 1. The second-order valence-electron chi connectivity index (χ2n) is 11.0. The van der Waals surface area contributed by atoms with Crippen LogP contribution < -0.4 is 16.4 Å². The van der Waals surface area contributed by atoms with E-state index in [0.29, 0.717) is 25.1 Å². The molecule has 0 bridgehead atoms. The van der Waals surface area contributed by atoms with Gasteiger partial charge in [0.05, 0.1) is 11.1 Å². The molecule has 1 aromatic carbocycles. The molecule has 252 valence electrons. The van der Waals surface area contributed by atoms with E-state index in [1.54, 1.807) is 0 Å². The number of aliphatic imine (C=N–C) groups is 1. The Morgan fingerprint density at radius 3 is 2.39 bits per heavy atom. The number of nitrogens with one attached hydrogen (secondary N) is 2. The predicted octanol–water partition coefficient (Wildman–Crippen LogP) is 4.94. The second kappa shape index (κ2) is 13.6. The Balaban J connectivity index is 1.67. The maximum atomic E-state index is 14.6. The molecule has 1 saturated heterocycles. The summed E-state index contributed by atoms with van der Waals surface area (Å²) in [7, 11) is 0.959. The summed E-state index contributed by atoms with van der Waals surface area (Å²) in [5, 5.41) is 5.71. The monoisotopic (exact) mass is 684 g/mol. The Hall–Kier alpha value is -3.73. The van der Waals surface area contributed by atoms with Crippen LogP contribution in [0.3, 0.4) is 0 Å². The number of aromatic nitrogens is 1. The fourth-order valence-electron chi connectivity index (χ4n) is 5.01. The highest BCUT2D eigenvalue weighted by atomic mass is 35.5. The van der Waals surface area contributed by atoms with E-state index in [0.717, 1.165) is 12.0 Å². The molecule has 1 saturated carbocycles. The van der Waals surface area contributed by atoms with E-state index in [1.807, 2.05) is 0 Å². The van der Waals surface area contributed by atoms with E-state index in [4.69, 9.17) is 17.3 Å². The first-order valence-corrected chi connectivity index (χ1v) is 14.2. The predicted molar refractivity (Wildman–Crippen MR) is 152 cm³/mol. The molecule has 1 aliphatic heterocycles. The fraction of sp³-hybridized carbons (Fsp3) is 0.500. The van der Waals surface area contributed by atoms with Gasteiger partial charge in [-0.2, -0.15) is 35.1 Å². The first-order valence-electron chi connectivity index (χ1n) is 13.8. The number of rotatable bonds is 10. The lowest BCUT2D eigenvalue weighted by molar-refractivity contribution is -0.166. The molecule has 2 atom stereocenters. The Kier molecular flexibility index (Phi) is 10.4. The van der Waals surface area contributed by atoms with Crippen LogP contribution in [0.15, 0.2) is 40.5 Å². The molecule has 2 fully saturated rings. The average Bonchev–Trinajstić information content (AvgIpc) is 3.79. The number of methoxy groups -OCH3 is 1. The third-order valence-electron chi connectivity index (χ3n) is 7.20. The van der Waals surface area contributed by atoms with Gasteiger partial charge in [-0.3, -0.25) is 14.6 Å². The van der Waals surface area contributed by atoms with Crippen LogP contribution in [0, 0.1) is 5.92 Å². The summed E-state index contributed by atoms with van der Waals surface area (Å²) in [6.45, 7) is -3.73. The number of alkyl halides is 8. The summed E-state index contributed by atoms with van der Waals surface area (Å²) in [5.74, 6) is -6.88. The number of nitrogens with two attached hydrogens (primary N) is 1. The largest absolute Gasteiger partial charge is 0.433 e. The smallest absolute Gasteiger partial charge is 0.401 e. The summed E-state index contributed by atoms with van der Waals surface area (Å²) < 4.78 is 113. The molecular weight excluding hydrogens is 656 g/mol. The number of likely N-dealkylation sites (tertiary alicyclic amines) is 1. The number of carbonyl (C=O) groups is 2. The normalized spacial score (nSPS) is 20.2. The zero-order valence-corrected chi connectivity index (χ0v) is 24.9. The number of fused-ring (bicyclic) bond motifs is 1. The van der Waals surface area contributed by atoms with Crippen molar-refractivity contribution in [1.29, 1.82) is 0 Å². The van der Waals surface area contributed by atoms with Crippen molar-refractivity contribution in [1.82, 2.24) is 15.2 Å². The summed E-state index contributed by atoms with van der Waals surface area (Å²) in [6, 6.07) is 2.55. The van der Waals surface area contributed by atoms with Crippen molar-refractivity contribution < 1.29 is 49.4 Å². The molecule has 9 nitrogen and oxygen atoms in total. The maximum Gasteiger partial charge on any atom is 0.433 e. The van der Waals surface area contributed by atoms with Gasteiger partial charge < -0.3 is 26.0 Å². The molecule has 46 heavy (non-hydrogen) atoms. The molecule has 4 rings (SSSR count). The molecule has 0 radical (unpaired) electrons. The van der Waals surface area contributed by atoms with Crippen molar-refractivity contribution in [2.45, 2.75) is 49.6 Å². The highest BCUT2D eigenvalue weighted by molar-refractivity contribution is 6.31. The third kappa shape index (κ3) is 8.96. The van der Waals surface area contributed by atoms with E-state index in [1.165, 1.54) is 18.2 Å². The molecule has 2 heterocycles. The molecule has 0 unspecified atom stereocenters. The molecule has 4 N–H and O–H groups in total. The number of allylic oxidation sites excluding steroid dienone is 1. The Bertz CT molecular complexity index is 1530. The zero-order chi connectivity index (χ0) is 34.0. The van der Waals surface area contributed by atoms with E-state index in [9.17, 15) is 44.7 Å². The van der Waals surface area contributed by atoms with E-state index < -0.39 is 74.1 Å². The lowest BCUT2D eigenvalue weighted by Crippen LogP contribution is -2.59. The average molecular weight is 685 g/mol. The minimum absolute atomic E-state index is 0.00622. The summed E-state index contributed by atoms with van der Waals surface area (Å²) in [4.78, 5) is 33.8. The van der Waals surface area contributed by atoms with Gasteiger partial charge in [0.2, 0.25) is 0 Å².